The van der Waals surface area contributed by atoms with Crippen LogP contribution in [0.15, 0.2) is 5.38 Å². The highest BCUT2D eigenvalue weighted by molar-refractivity contribution is 7.09. The largest absolute Gasteiger partial charge is 0.246 e. The minimum atomic E-state index is 1.07. The Morgan fingerprint density at radius 3 is 2.18 bits per heavy atom. The van der Waals surface area contributed by atoms with Crippen LogP contribution in [0.1, 0.15) is 38.4 Å². The third-order valence-corrected chi connectivity index (χ3v) is 2.31. The summed E-state index contributed by atoms with van der Waals surface area (Å²) in [7, 11) is 0. The van der Waals surface area contributed by atoms with Crippen molar-refractivity contribution in [3.05, 3.63) is 16.1 Å². The quantitative estimate of drug-likeness (QED) is 0.665. The van der Waals surface area contributed by atoms with Gasteiger partial charge in [-0.1, -0.05) is 27.7 Å². The van der Waals surface area contributed by atoms with E-state index in [0.29, 0.717) is 0 Å². The first-order chi connectivity index (χ1) is 5.36. The molecule has 0 spiro atoms. The summed E-state index contributed by atoms with van der Waals surface area (Å²) >= 11 is 1.76. The van der Waals surface area contributed by atoms with Gasteiger partial charge in [0.1, 0.15) is 0 Å². The Labute approximate surface area is 73.5 Å². The topological polar surface area (TPSA) is 12.9 Å². The van der Waals surface area contributed by atoms with E-state index in [1.54, 1.807) is 11.3 Å². The van der Waals surface area contributed by atoms with Gasteiger partial charge < -0.3 is 0 Å². The van der Waals surface area contributed by atoms with Gasteiger partial charge in [0.25, 0.3) is 0 Å². The maximum atomic E-state index is 4.37. The molecule has 64 valence electrons. The van der Waals surface area contributed by atoms with Crippen molar-refractivity contribution < 1.29 is 0 Å². The molecule has 0 aromatic carbocycles. The SMILES string of the molecule is CC.CCc1csc(CC)n1. The van der Waals surface area contributed by atoms with E-state index in [-0.39, 0.29) is 0 Å². The molecule has 0 bridgehead atoms. The average molecular weight is 171 g/mol. The molecule has 1 nitrogen and oxygen atoms in total. The number of aryl methyl sites for hydroxylation is 2. The normalized spacial score (nSPS) is 8.73. The zero-order valence-corrected chi connectivity index (χ0v) is 8.66. The smallest absolute Gasteiger partial charge is 0.0925 e. The van der Waals surface area contributed by atoms with Crippen LogP contribution < -0.4 is 0 Å². The lowest BCUT2D eigenvalue weighted by molar-refractivity contribution is 1.00. The monoisotopic (exact) mass is 171 g/mol. The Bertz CT molecular complexity index is 163. The molecule has 0 radical (unpaired) electrons. The lowest BCUT2D eigenvalue weighted by Crippen LogP contribution is -1.80. The molecule has 2 heteroatoms. The fourth-order valence-electron chi connectivity index (χ4n) is 0.674. The van der Waals surface area contributed by atoms with E-state index >= 15 is 0 Å². The molecule has 0 N–H and O–H groups in total. The van der Waals surface area contributed by atoms with E-state index in [1.807, 2.05) is 13.8 Å². The highest BCUT2D eigenvalue weighted by Gasteiger charge is 1.94. The van der Waals surface area contributed by atoms with Crippen LogP contribution in [-0.2, 0) is 12.8 Å². The Morgan fingerprint density at radius 2 is 1.91 bits per heavy atom. The van der Waals surface area contributed by atoms with Gasteiger partial charge in [-0.2, -0.15) is 0 Å². The summed E-state index contributed by atoms with van der Waals surface area (Å²) in [6.45, 7) is 8.27. The van der Waals surface area contributed by atoms with Gasteiger partial charge in [-0.25, -0.2) is 4.98 Å². The summed E-state index contributed by atoms with van der Waals surface area (Å²) in [5.41, 5.74) is 1.23. The van der Waals surface area contributed by atoms with E-state index in [4.69, 9.17) is 0 Å². The van der Waals surface area contributed by atoms with Crippen molar-refractivity contribution in [2.45, 2.75) is 40.5 Å². The van der Waals surface area contributed by atoms with Crippen molar-refractivity contribution >= 4 is 11.3 Å². The van der Waals surface area contributed by atoms with Crippen molar-refractivity contribution in [1.82, 2.24) is 4.98 Å². The zero-order valence-electron chi connectivity index (χ0n) is 7.85. The third kappa shape index (κ3) is 3.51. The van der Waals surface area contributed by atoms with Crippen LogP contribution in [0.4, 0.5) is 0 Å². The van der Waals surface area contributed by atoms with Crippen LogP contribution in [0.5, 0.6) is 0 Å². The van der Waals surface area contributed by atoms with Crippen LogP contribution in [0.2, 0.25) is 0 Å². The summed E-state index contributed by atoms with van der Waals surface area (Å²) < 4.78 is 0. The number of thiazole rings is 1. The molecular weight excluding hydrogens is 154 g/mol. The van der Waals surface area contributed by atoms with Crippen molar-refractivity contribution in [3.8, 4) is 0 Å². The second-order valence-corrected chi connectivity index (χ2v) is 2.88. The lowest BCUT2D eigenvalue weighted by atomic mass is 10.4. The molecule has 0 unspecified atom stereocenters. The van der Waals surface area contributed by atoms with Crippen LogP contribution in [0, 0.1) is 0 Å². The Balaban J connectivity index is 0.000000461. The highest BCUT2D eigenvalue weighted by Crippen LogP contribution is 2.09. The Morgan fingerprint density at radius 1 is 1.27 bits per heavy atom. The highest BCUT2D eigenvalue weighted by atomic mass is 32.1. The van der Waals surface area contributed by atoms with Gasteiger partial charge in [0.2, 0.25) is 0 Å². The average Bonchev–Trinajstić information content (AvgIpc) is 2.55. The van der Waals surface area contributed by atoms with Gasteiger partial charge >= 0.3 is 0 Å². The van der Waals surface area contributed by atoms with Crippen LogP contribution >= 0.6 is 11.3 Å². The number of aromatic nitrogens is 1. The minimum Gasteiger partial charge on any atom is -0.246 e. The van der Waals surface area contributed by atoms with Crippen LogP contribution in [-0.4, -0.2) is 4.98 Å². The molecule has 1 aromatic rings. The number of hydrogen-bond acceptors (Lipinski definition) is 2. The molecule has 1 rings (SSSR count). The number of rotatable bonds is 2. The molecular formula is C9H17NS. The van der Waals surface area contributed by atoms with Gasteiger partial charge in [-0.05, 0) is 12.8 Å². The minimum absolute atomic E-state index is 1.07. The van der Waals surface area contributed by atoms with Crippen molar-refractivity contribution in [1.29, 1.82) is 0 Å². The molecule has 0 saturated carbocycles. The molecule has 1 heterocycles. The molecule has 0 amide bonds. The molecule has 0 saturated heterocycles. The summed E-state index contributed by atoms with van der Waals surface area (Å²) in [5, 5.41) is 3.39. The van der Waals surface area contributed by atoms with Crippen LogP contribution in [0.3, 0.4) is 0 Å². The fourth-order valence-corrected chi connectivity index (χ4v) is 1.50. The third-order valence-electron chi connectivity index (χ3n) is 1.26. The predicted octanol–water partition coefficient (Wildman–Crippen LogP) is 3.29. The zero-order chi connectivity index (χ0) is 8.69. The molecule has 11 heavy (non-hydrogen) atoms. The molecule has 0 atom stereocenters. The fraction of sp³-hybridized carbons (Fsp3) is 0.667. The van der Waals surface area contributed by atoms with E-state index in [2.05, 4.69) is 24.2 Å². The first kappa shape index (κ1) is 10.6. The first-order valence-corrected chi connectivity index (χ1v) is 5.18. The number of hydrogen-bond donors (Lipinski definition) is 0. The summed E-state index contributed by atoms with van der Waals surface area (Å²) in [4.78, 5) is 4.37. The van der Waals surface area contributed by atoms with E-state index in [1.165, 1.54) is 10.7 Å². The van der Waals surface area contributed by atoms with Gasteiger partial charge in [0.15, 0.2) is 0 Å². The summed E-state index contributed by atoms with van der Waals surface area (Å²) in [5.74, 6) is 0. The van der Waals surface area contributed by atoms with Crippen molar-refractivity contribution in [2.24, 2.45) is 0 Å². The first-order valence-electron chi connectivity index (χ1n) is 4.30. The Hall–Kier alpha value is -0.370. The predicted molar refractivity (Wildman–Crippen MR) is 52.2 cm³/mol. The molecule has 1 aromatic heterocycles. The maximum Gasteiger partial charge on any atom is 0.0925 e. The molecule has 0 aliphatic carbocycles. The van der Waals surface area contributed by atoms with E-state index < -0.39 is 0 Å². The molecule has 0 fully saturated rings. The van der Waals surface area contributed by atoms with Crippen LogP contribution in [0.25, 0.3) is 0 Å². The van der Waals surface area contributed by atoms with Crippen molar-refractivity contribution in [3.63, 3.8) is 0 Å². The second kappa shape index (κ2) is 6.35. The summed E-state index contributed by atoms with van der Waals surface area (Å²) in [6, 6.07) is 0. The van der Waals surface area contributed by atoms with Crippen molar-refractivity contribution in [2.75, 3.05) is 0 Å². The Kier molecular flexibility index (Phi) is 6.13. The van der Waals surface area contributed by atoms with E-state index in [0.717, 1.165) is 12.8 Å². The van der Waals surface area contributed by atoms with E-state index in [9.17, 15) is 0 Å². The second-order valence-electron chi connectivity index (χ2n) is 1.94. The van der Waals surface area contributed by atoms with Gasteiger partial charge in [0.05, 0.1) is 10.7 Å². The lowest BCUT2D eigenvalue weighted by Gasteiger charge is -1.83. The van der Waals surface area contributed by atoms with Gasteiger partial charge in [-0.15, -0.1) is 11.3 Å². The number of nitrogens with zero attached hydrogens (tertiary/aromatic N) is 1. The van der Waals surface area contributed by atoms with Gasteiger partial charge in [-0.3, -0.25) is 0 Å². The molecule has 0 aliphatic heterocycles. The summed E-state index contributed by atoms with van der Waals surface area (Å²) in [6.07, 6.45) is 2.14. The maximum absolute atomic E-state index is 4.37. The molecule has 0 aliphatic rings. The van der Waals surface area contributed by atoms with Gasteiger partial charge in [0, 0.05) is 5.38 Å². The standard InChI is InChI=1S/C7H11NS.C2H6/c1-3-6-5-9-7(4-2)8-6;1-2/h5H,3-4H2,1-2H3;1-2H3.